The Kier molecular flexibility index (Phi) is 4.64. The number of nitrogens with zero attached hydrogens (tertiary/aromatic N) is 1. The van der Waals surface area contributed by atoms with Gasteiger partial charge in [-0.1, -0.05) is 18.2 Å². The Hall–Kier alpha value is -1.59. The zero-order valence-electron chi connectivity index (χ0n) is 13.0. The van der Waals surface area contributed by atoms with E-state index in [1.54, 1.807) is 0 Å². The van der Waals surface area contributed by atoms with Crippen LogP contribution in [0.2, 0.25) is 0 Å². The van der Waals surface area contributed by atoms with E-state index in [-0.39, 0.29) is 6.10 Å². The highest BCUT2D eigenvalue weighted by molar-refractivity contribution is 5.79. The fourth-order valence-electron chi connectivity index (χ4n) is 2.83. The fraction of sp³-hybridized carbons (Fsp3) is 0.588. The molecule has 5 nitrogen and oxygen atoms in total. The predicted octanol–water partition coefficient (Wildman–Crippen LogP) is 1.55. The van der Waals surface area contributed by atoms with E-state index in [0.717, 1.165) is 36.9 Å². The summed E-state index contributed by atoms with van der Waals surface area (Å²) in [4.78, 5) is 13.6. The molecular weight excluding hydrogens is 280 g/mol. The van der Waals surface area contributed by atoms with Crippen molar-refractivity contribution < 1.29 is 14.3 Å². The molecule has 1 saturated heterocycles. The molecule has 1 aliphatic heterocycles. The molecule has 120 valence electrons. The van der Waals surface area contributed by atoms with Crippen molar-refractivity contribution in [2.24, 2.45) is 11.7 Å². The Labute approximate surface area is 131 Å². The molecule has 22 heavy (non-hydrogen) atoms. The molecule has 0 aromatic heterocycles. The van der Waals surface area contributed by atoms with Crippen LogP contribution >= 0.6 is 0 Å². The smallest absolute Gasteiger partial charge is 0.247 e. The molecule has 1 amide bonds. The summed E-state index contributed by atoms with van der Waals surface area (Å²) in [5, 5.41) is 0. The number of benzene rings is 1. The molecule has 0 radical (unpaired) electrons. The second-order valence-corrected chi connectivity index (χ2v) is 6.39. The Balaban J connectivity index is 1.64. The lowest BCUT2D eigenvalue weighted by atomic mass is 10.1. The van der Waals surface area contributed by atoms with Crippen LogP contribution in [0, 0.1) is 5.92 Å². The van der Waals surface area contributed by atoms with Gasteiger partial charge < -0.3 is 15.2 Å². The van der Waals surface area contributed by atoms with Crippen molar-refractivity contribution in [3.05, 3.63) is 29.8 Å². The summed E-state index contributed by atoms with van der Waals surface area (Å²) in [6, 6.07) is 8.13. The number of morpholine rings is 1. The number of hydrogen-bond donors (Lipinski definition) is 1. The molecule has 1 heterocycles. The molecular formula is C17H24N2O3. The predicted molar refractivity (Wildman–Crippen MR) is 83.5 cm³/mol. The van der Waals surface area contributed by atoms with E-state index < -0.39 is 12.0 Å². The number of rotatable bonds is 6. The topological polar surface area (TPSA) is 64.8 Å². The van der Waals surface area contributed by atoms with E-state index >= 15 is 0 Å². The van der Waals surface area contributed by atoms with Gasteiger partial charge in [0.05, 0.1) is 12.7 Å². The first kappa shape index (κ1) is 15.3. The normalized spacial score (nSPS) is 25.9. The third kappa shape index (κ3) is 3.99. The molecule has 0 unspecified atom stereocenters. The molecule has 3 rings (SSSR count). The SMILES string of the molecule is C[C@@H]1CN(Cc2ccccc2OCC2CC2)C[C@H](C(N)=O)O1. The summed E-state index contributed by atoms with van der Waals surface area (Å²) in [5.74, 6) is 1.29. The van der Waals surface area contributed by atoms with Gasteiger partial charge in [0.2, 0.25) is 5.91 Å². The van der Waals surface area contributed by atoms with Gasteiger partial charge in [0, 0.05) is 25.2 Å². The van der Waals surface area contributed by atoms with Crippen LogP contribution in [0.1, 0.15) is 25.3 Å². The van der Waals surface area contributed by atoms with Crippen LogP contribution < -0.4 is 10.5 Å². The average Bonchev–Trinajstić information content (AvgIpc) is 3.30. The van der Waals surface area contributed by atoms with Crippen molar-refractivity contribution in [2.45, 2.75) is 38.5 Å². The summed E-state index contributed by atoms with van der Waals surface area (Å²) in [6.45, 7) is 4.85. The number of carbonyl (C=O) groups is 1. The van der Waals surface area contributed by atoms with E-state index in [1.165, 1.54) is 12.8 Å². The summed E-state index contributed by atoms with van der Waals surface area (Å²) in [5.41, 5.74) is 6.54. The number of ether oxygens (including phenoxy) is 2. The fourth-order valence-corrected chi connectivity index (χ4v) is 2.83. The van der Waals surface area contributed by atoms with Gasteiger partial charge in [0.1, 0.15) is 11.9 Å². The Bertz CT molecular complexity index is 530. The van der Waals surface area contributed by atoms with Gasteiger partial charge in [0.25, 0.3) is 0 Å². The molecule has 1 aromatic carbocycles. The largest absolute Gasteiger partial charge is 0.493 e. The van der Waals surface area contributed by atoms with Crippen LogP contribution in [-0.2, 0) is 16.1 Å². The molecule has 2 atom stereocenters. The van der Waals surface area contributed by atoms with Gasteiger partial charge in [-0.25, -0.2) is 0 Å². The third-order valence-electron chi connectivity index (χ3n) is 4.19. The number of carbonyl (C=O) groups excluding carboxylic acids is 1. The first-order valence-corrected chi connectivity index (χ1v) is 7.99. The molecule has 0 bridgehead atoms. The van der Waals surface area contributed by atoms with Crippen LogP contribution in [0.3, 0.4) is 0 Å². The highest BCUT2D eigenvalue weighted by Gasteiger charge is 2.29. The molecule has 2 fully saturated rings. The number of amides is 1. The Morgan fingerprint density at radius 3 is 2.86 bits per heavy atom. The lowest BCUT2D eigenvalue weighted by molar-refractivity contribution is -0.142. The molecule has 0 spiro atoms. The van der Waals surface area contributed by atoms with Gasteiger partial charge in [0.15, 0.2) is 0 Å². The minimum Gasteiger partial charge on any atom is -0.493 e. The molecule has 1 saturated carbocycles. The van der Waals surface area contributed by atoms with E-state index in [2.05, 4.69) is 11.0 Å². The van der Waals surface area contributed by atoms with Crippen molar-refractivity contribution >= 4 is 5.91 Å². The number of nitrogens with two attached hydrogens (primary N) is 1. The van der Waals surface area contributed by atoms with Crippen molar-refractivity contribution in [1.82, 2.24) is 4.90 Å². The van der Waals surface area contributed by atoms with Crippen molar-refractivity contribution in [3.8, 4) is 5.75 Å². The molecule has 1 aliphatic carbocycles. The van der Waals surface area contributed by atoms with Crippen molar-refractivity contribution in [1.29, 1.82) is 0 Å². The minimum atomic E-state index is -0.525. The summed E-state index contributed by atoms with van der Waals surface area (Å²) < 4.78 is 11.5. The minimum absolute atomic E-state index is 0.00537. The van der Waals surface area contributed by atoms with Gasteiger partial charge >= 0.3 is 0 Å². The van der Waals surface area contributed by atoms with E-state index in [9.17, 15) is 4.79 Å². The first-order chi connectivity index (χ1) is 10.6. The number of para-hydroxylation sites is 1. The lowest BCUT2D eigenvalue weighted by Gasteiger charge is -2.35. The van der Waals surface area contributed by atoms with Crippen LogP contribution in [0.5, 0.6) is 5.75 Å². The standard InChI is InChI=1S/C17H24N2O3/c1-12-8-19(10-16(22-12)17(18)20)9-14-4-2-3-5-15(14)21-11-13-6-7-13/h2-5,12-13,16H,6-11H2,1H3,(H2,18,20)/t12-,16-/m1/s1. The van der Waals surface area contributed by atoms with Crippen LogP contribution in [0.25, 0.3) is 0 Å². The number of primary amides is 1. The van der Waals surface area contributed by atoms with Crippen molar-refractivity contribution in [2.75, 3.05) is 19.7 Å². The summed E-state index contributed by atoms with van der Waals surface area (Å²) in [6.07, 6.45) is 2.04. The third-order valence-corrected chi connectivity index (χ3v) is 4.19. The zero-order valence-corrected chi connectivity index (χ0v) is 13.0. The van der Waals surface area contributed by atoms with Gasteiger partial charge in [-0.05, 0) is 31.7 Å². The zero-order chi connectivity index (χ0) is 15.5. The maximum absolute atomic E-state index is 11.4. The Morgan fingerprint density at radius 1 is 1.36 bits per heavy atom. The second kappa shape index (κ2) is 6.67. The van der Waals surface area contributed by atoms with Crippen LogP contribution in [0.15, 0.2) is 24.3 Å². The Morgan fingerprint density at radius 2 is 2.14 bits per heavy atom. The van der Waals surface area contributed by atoms with Gasteiger partial charge in [-0.15, -0.1) is 0 Å². The van der Waals surface area contributed by atoms with Gasteiger partial charge in [-0.2, -0.15) is 0 Å². The summed E-state index contributed by atoms with van der Waals surface area (Å²) >= 11 is 0. The molecule has 1 aromatic rings. The maximum atomic E-state index is 11.4. The van der Waals surface area contributed by atoms with E-state index in [4.69, 9.17) is 15.2 Å². The number of hydrogen-bond acceptors (Lipinski definition) is 4. The highest BCUT2D eigenvalue weighted by atomic mass is 16.5. The van der Waals surface area contributed by atoms with Crippen LogP contribution in [-0.4, -0.2) is 42.7 Å². The molecule has 5 heteroatoms. The quantitative estimate of drug-likeness (QED) is 0.866. The van der Waals surface area contributed by atoms with E-state index in [0.29, 0.717) is 6.54 Å². The lowest BCUT2D eigenvalue weighted by Crippen LogP contribution is -2.51. The van der Waals surface area contributed by atoms with Crippen LogP contribution in [0.4, 0.5) is 0 Å². The first-order valence-electron chi connectivity index (χ1n) is 7.99. The maximum Gasteiger partial charge on any atom is 0.247 e. The monoisotopic (exact) mass is 304 g/mol. The van der Waals surface area contributed by atoms with Crippen molar-refractivity contribution in [3.63, 3.8) is 0 Å². The molecule has 2 N–H and O–H groups in total. The molecule has 2 aliphatic rings. The average molecular weight is 304 g/mol. The van der Waals surface area contributed by atoms with Gasteiger partial charge in [-0.3, -0.25) is 9.69 Å². The van der Waals surface area contributed by atoms with E-state index in [1.807, 2.05) is 25.1 Å². The summed E-state index contributed by atoms with van der Waals surface area (Å²) in [7, 11) is 0. The highest BCUT2D eigenvalue weighted by Crippen LogP contribution is 2.30. The second-order valence-electron chi connectivity index (χ2n) is 6.39.